The fraction of sp³-hybridized carbons (Fsp3) is 0.227. The van der Waals surface area contributed by atoms with Crippen molar-refractivity contribution in [2.45, 2.75) is 26.3 Å². The molecular weight excluding hydrogens is 422 g/mol. The van der Waals surface area contributed by atoms with Gasteiger partial charge in [0.15, 0.2) is 0 Å². The van der Waals surface area contributed by atoms with E-state index in [-0.39, 0.29) is 17.9 Å². The molecule has 2 aromatic carbocycles. The van der Waals surface area contributed by atoms with Crippen molar-refractivity contribution in [1.82, 2.24) is 9.78 Å². The number of halogens is 1. The molecule has 6 nitrogen and oxygen atoms in total. The van der Waals surface area contributed by atoms with Crippen molar-refractivity contribution >= 4 is 54.7 Å². The molecule has 0 bridgehead atoms. The molecule has 0 saturated heterocycles. The SMILES string of the molecule is COc1ccc(Cl)cc1NC(=O)CCCn1nc(C)c2sc3ccccc3c2c1=O. The first kappa shape index (κ1) is 20.4. The van der Waals surface area contributed by atoms with Gasteiger partial charge in [0.25, 0.3) is 5.56 Å². The van der Waals surface area contributed by atoms with Crippen LogP contribution in [0.5, 0.6) is 5.75 Å². The van der Waals surface area contributed by atoms with Crippen LogP contribution in [0.3, 0.4) is 0 Å². The number of anilines is 1. The van der Waals surface area contributed by atoms with E-state index in [1.165, 1.54) is 11.8 Å². The van der Waals surface area contributed by atoms with Crippen molar-refractivity contribution in [2.24, 2.45) is 0 Å². The average Bonchev–Trinajstić information content (AvgIpc) is 3.12. The number of carbonyl (C=O) groups is 1. The van der Waals surface area contributed by atoms with Crippen LogP contribution in [0.2, 0.25) is 5.02 Å². The number of thiophene rings is 1. The number of hydrogen-bond acceptors (Lipinski definition) is 5. The monoisotopic (exact) mass is 441 g/mol. The van der Waals surface area contributed by atoms with E-state index in [1.54, 1.807) is 29.5 Å². The lowest BCUT2D eigenvalue weighted by atomic mass is 10.2. The first-order valence-electron chi connectivity index (χ1n) is 9.50. The molecule has 2 heterocycles. The van der Waals surface area contributed by atoms with Crippen molar-refractivity contribution < 1.29 is 9.53 Å². The Labute approximate surface area is 182 Å². The van der Waals surface area contributed by atoms with Crippen LogP contribution >= 0.6 is 22.9 Å². The molecule has 0 unspecified atom stereocenters. The Morgan fingerprint density at radius 2 is 2.07 bits per heavy atom. The van der Waals surface area contributed by atoms with Crippen molar-refractivity contribution in [3.63, 3.8) is 0 Å². The fourth-order valence-electron chi connectivity index (χ4n) is 3.45. The lowest BCUT2D eigenvalue weighted by Gasteiger charge is -2.11. The van der Waals surface area contributed by atoms with Crippen LogP contribution in [-0.2, 0) is 11.3 Å². The maximum absolute atomic E-state index is 13.0. The Morgan fingerprint density at radius 1 is 1.27 bits per heavy atom. The highest BCUT2D eigenvalue weighted by Crippen LogP contribution is 2.32. The van der Waals surface area contributed by atoms with E-state index in [1.807, 2.05) is 31.2 Å². The number of hydrogen-bond donors (Lipinski definition) is 1. The molecule has 0 atom stereocenters. The predicted molar refractivity (Wildman–Crippen MR) is 122 cm³/mol. The van der Waals surface area contributed by atoms with Crippen molar-refractivity contribution in [3.8, 4) is 5.75 Å². The number of aryl methyl sites for hydroxylation is 2. The molecular formula is C22H20ClN3O3S. The number of nitrogens with one attached hydrogen (secondary N) is 1. The first-order valence-corrected chi connectivity index (χ1v) is 10.7. The lowest BCUT2D eigenvalue weighted by molar-refractivity contribution is -0.116. The summed E-state index contributed by atoms with van der Waals surface area (Å²) in [4.78, 5) is 25.4. The molecule has 0 aliphatic carbocycles. The number of rotatable bonds is 6. The minimum Gasteiger partial charge on any atom is -0.495 e. The number of benzene rings is 2. The van der Waals surface area contributed by atoms with Gasteiger partial charge in [0, 0.05) is 28.1 Å². The van der Waals surface area contributed by atoms with Crippen molar-refractivity contribution in [1.29, 1.82) is 0 Å². The molecule has 0 saturated carbocycles. The maximum atomic E-state index is 13.0. The smallest absolute Gasteiger partial charge is 0.276 e. The van der Waals surface area contributed by atoms with E-state index < -0.39 is 0 Å². The Morgan fingerprint density at radius 3 is 2.87 bits per heavy atom. The van der Waals surface area contributed by atoms with Crippen LogP contribution in [0.15, 0.2) is 47.3 Å². The van der Waals surface area contributed by atoms with Gasteiger partial charge in [-0.1, -0.05) is 29.8 Å². The van der Waals surface area contributed by atoms with Gasteiger partial charge in [-0.05, 0) is 37.6 Å². The fourth-order valence-corrected chi connectivity index (χ4v) is 4.75. The molecule has 30 heavy (non-hydrogen) atoms. The zero-order valence-corrected chi connectivity index (χ0v) is 18.1. The summed E-state index contributed by atoms with van der Waals surface area (Å²) in [6.07, 6.45) is 0.722. The molecule has 1 amide bonds. The lowest BCUT2D eigenvalue weighted by Crippen LogP contribution is -2.24. The van der Waals surface area contributed by atoms with Crippen LogP contribution < -0.4 is 15.6 Å². The van der Waals surface area contributed by atoms with Gasteiger partial charge in [-0.3, -0.25) is 9.59 Å². The van der Waals surface area contributed by atoms with E-state index in [0.717, 1.165) is 20.5 Å². The van der Waals surface area contributed by atoms with Crippen LogP contribution in [0, 0.1) is 6.92 Å². The van der Waals surface area contributed by atoms with E-state index in [4.69, 9.17) is 16.3 Å². The molecule has 4 aromatic rings. The van der Waals surface area contributed by atoms with E-state index in [9.17, 15) is 9.59 Å². The Bertz CT molecular complexity index is 1310. The largest absolute Gasteiger partial charge is 0.495 e. The molecule has 0 aliphatic heterocycles. The highest BCUT2D eigenvalue weighted by Gasteiger charge is 2.15. The van der Waals surface area contributed by atoms with Gasteiger partial charge in [-0.15, -0.1) is 11.3 Å². The summed E-state index contributed by atoms with van der Waals surface area (Å²) in [7, 11) is 1.53. The third-order valence-electron chi connectivity index (χ3n) is 4.85. The predicted octanol–water partition coefficient (Wildman–Crippen LogP) is 5.00. The van der Waals surface area contributed by atoms with Crippen LogP contribution in [0.25, 0.3) is 20.2 Å². The number of ether oxygens (including phenoxy) is 1. The third-order valence-corrected chi connectivity index (χ3v) is 6.37. The highest BCUT2D eigenvalue weighted by atomic mass is 35.5. The maximum Gasteiger partial charge on any atom is 0.276 e. The van der Waals surface area contributed by atoms with Crippen LogP contribution in [0.4, 0.5) is 5.69 Å². The van der Waals surface area contributed by atoms with Gasteiger partial charge >= 0.3 is 0 Å². The molecule has 0 aliphatic rings. The number of methoxy groups -OCH3 is 1. The number of aromatic nitrogens is 2. The van der Waals surface area contributed by atoms with Gasteiger partial charge < -0.3 is 10.1 Å². The molecule has 0 fully saturated rings. The van der Waals surface area contributed by atoms with Crippen molar-refractivity contribution in [3.05, 3.63) is 63.5 Å². The number of amides is 1. The summed E-state index contributed by atoms with van der Waals surface area (Å²) in [6.45, 7) is 2.27. The minimum atomic E-state index is -0.178. The van der Waals surface area contributed by atoms with Crippen molar-refractivity contribution in [2.75, 3.05) is 12.4 Å². The zero-order valence-electron chi connectivity index (χ0n) is 16.6. The molecule has 8 heteroatoms. The third kappa shape index (κ3) is 3.91. The zero-order chi connectivity index (χ0) is 21.3. The van der Waals surface area contributed by atoms with Gasteiger partial charge in [0.2, 0.25) is 5.91 Å². The molecule has 0 radical (unpaired) electrons. The van der Waals surface area contributed by atoms with E-state index >= 15 is 0 Å². The molecule has 0 spiro atoms. The quantitative estimate of drug-likeness (QED) is 0.457. The van der Waals surface area contributed by atoms with E-state index in [0.29, 0.717) is 34.8 Å². The average molecular weight is 442 g/mol. The summed E-state index contributed by atoms with van der Waals surface area (Å²) in [5, 5.41) is 9.44. The summed E-state index contributed by atoms with van der Waals surface area (Å²) >= 11 is 7.58. The second-order valence-corrected chi connectivity index (χ2v) is 8.40. The molecule has 154 valence electrons. The number of nitrogens with zero attached hydrogens (tertiary/aromatic N) is 2. The summed E-state index contributed by atoms with van der Waals surface area (Å²) in [5.41, 5.74) is 1.22. The highest BCUT2D eigenvalue weighted by molar-refractivity contribution is 7.26. The topological polar surface area (TPSA) is 73.2 Å². The van der Waals surface area contributed by atoms with Gasteiger partial charge in [0.1, 0.15) is 5.75 Å². The summed E-state index contributed by atoms with van der Waals surface area (Å²) in [5.74, 6) is 0.360. The number of carbonyl (C=O) groups excluding carboxylic acids is 1. The second kappa shape index (κ2) is 8.45. The summed E-state index contributed by atoms with van der Waals surface area (Å²) < 4.78 is 8.70. The standard InChI is InChI=1S/C22H20ClN3O3S/c1-13-21-20(15-6-3-4-7-18(15)30-21)22(28)26(25-13)11-5-8-19(27)24-16-12-14(23)9-10-17(16)29-2/h3-4,6-7,9-10,12H,5,8,11H2,1-2H3,(H,24,27). The second-order valence-electron chi connectivity index (χ2n) is 6.91. The molecule has 4 rings (SSSR count). The Hall–Kier alpha value is -2.90. The van der Waals surface area contributed by atoms with Gasteiger partial charge in [-0.2, -0.15) is 5.10 Å². The van der Waals surface area contributed by atoms with Gasteiger partial charge in [-0.25, -0.2) is 4.68 Å². The molecule has 2 aromatic heterocycles. The Balaban J connectivity index is 1.50. The van der Waals surface area contributed by atoms with Gasteiger partial charge in [0.05, 0.1) is 28.6 Å². The first-order chi connectivity index (χ1) is 14.5. The van der Waals surface area contributed by atoms with Crippen LogP contribution in [0.1, 0.15) is 18.5 Å². The molecule has 1 N–H and O–H groups in total. The normalized spacial score (nSPS) is 11.2. The van der Waals surface area contributed by atoms with Crippen LogP contribution in [-0.4, -0.2) is 22.8 Å². The summed E-state index contributed by atoms with van der Waals surface area (Å²) in [6, 6.07) is 12.9. The Kier molecular flexibility index (Phi) is 5.74. The van der Waals surface area contributed by atoms with E-state index in [2.05, 4.69) is 10.4 Å². The minimum absolute atomic E-state index is 0.120. The number of fused-ring (bicyclic) bond motifs is 3.